The van der Waals surface area contributed by atoms with E-state index in [1.165, 1.54) is 4.90 Å². The van der Waals surface area contributed by atoms with Gasteiger partial charge in [0.05, 0.1) is 19.7 Å². The van der Waals surface area contributed by atoms with Crippen LogP contribution in [-0.2, 0) is 9.47 Å². The lowest BCUT2D eigenvalue weighted by atomic mass is 9.95. The molecule has 1 atom stereocenters. The van der Waals surface area contributed by atoms with E-state index in [4.69, 9.17) is 14.6 Å². The minimum atomic E-state index is -0.975. The summed E-state index contributed by atoms with van der Waals surface area (Å²) < 4.78 is 11.1. The number of aliphatic hydroxyl groups is 1. The molecule has 0 bridgehead atoms. The maximum Gasteiger partial charge on any atom is 0.407 e. The average Bonchev–Trinajstić information content (AvgIpc) is 2.24. The van der Waals surface area contributed by atoms with Crippen molar-refractivity contribution < 1.29 is 24.5 Å². The van der Waals surface area contributed by atoms with E-state index in [2.05, 4.69) is 0 Å². The van der Waals surface area contributed by atoms with Crippen molar-refractivity contribution in [2.45, 2.75) is 31.2 Å². The van der Waals surface area contributed by atoms with Crippen molar-refractivity contribution in [1.82, 2.24) is 4.90 Å². The van der Waals surface area contributed by atoms with Gasteiger partial charge in [-0.3, -0.25) is 0 Å². The van der Waals surface area contributed by atoms with Crippen LogP contribution in [0.4, 0.5) is 4.79 Å². The van der Waals surface area contributed by atoms with E-state index >= 15 is 0 Å². The van der Waals surface area contributed by atoms with Gasteiger partial charge in [0.15, 0.2) is 6.29 Å². The molecule has 2 rings (SSSR count). The van der Waals surface area contributed by atoms with Gasteiger partial charge in [-0.15, -0.1) is 0 Å². The zero-order valence-electron chi connectivity index (χ0n) is 9.09. The van der Waals surface area contributed by atoms with Gasteiger partial charge >= 0.3 is 6.09 Å². The Morgan fingerprint density at radius 2 is 2.25 bits per heavy atom. The molecule has 0 spiro atoms. The third-order valence-corrected chi connectivity index (χ3v) is 3.04. The minimum absolute atomic E-state index is 0.170. The third kappa shape index (κ3) is 2.28. The first-order valence-electron chi connectivity index (χ1n) is 5.53. The first-order valence-corrected chi connectivity index (χ1v) is 5.53. The molecular weight excluding hydrogens is 214 g/mol. The molecule has 1 amide bonds. The largest absolute Gasteiger partial charge is 0.465 e. The predicted octanol–water partition coefficient (Wildman–Crippen LogP) is 0.254. The van der Waals surface area contributed by atoms with Crippen LogP contribution in [0.1, 0.15) is 19.3 Å². The number of carbonyl (C=O) groups is 1. The second kappa shape index (κ2) is 4.57. The van der Waals surface area contributed by atoms with Crippen LogP contribution in [0.25, 0.3) is 0 Å². The maximum absolute atomic E-state index is 10.6. The number of hydrogen-bond donors (Lipinski definition) is 2. The van der Waals surface area contributed by atoms with Gasteiger partial charge in [0, 0.05) is 6.61 Å². The van der Waals surface area contributed by atoms with Crippen LogP contribution in [0.2, 0.25) is 0 Å². The van der Waals surface area contributed by atoms with Crippen LogP contribution in [-0.4, -0.2) is 59.4 Å². The minimum Gasteiger partial charge on any atom is -0.465 e. The fourth-order valence-electron chi connectivity index (χ4n) is 2.08. The monoisotopic (exact) mass is 231 g/mol. The van der Waals surface area contributed by atoms with E-state index in [1.807, 2.05) is 0 Å². The van der Waals surface area contributed by atoms with E-state index in [0.717, 1.165) is 19.3 Å². The number of rotatable bonds is 3. The number of hydrogen-bond acceptors (Lipinski definition) is 4. The van der Waals surface area contributed by atoms with Crippen LogP contribution in [0.15, 0.2) is 0 Å². The number of carboxylic acid groups (broad SMARTS) is 1. The fraction of sp³-hybridized carbons (Fsp3) is 0.900. The molecule has 0 aromatic heterocycles. The van der Waals surface area contributed by atoms with Crippen molar-refractivity contribution in [2.24, 2.45) is 0 Å². The Morgan fingerprint density at radius 3 is 2.75 bits per heavy atom. The Hall–Kier alpha value is -0.850. The molecule has 6 nitrogen and oxygen atoms in total. The zero-order valence-corrected chi connectivity index (χ0v) is 9.09. The van der Waals surface area contributed by atoms with Crippen molar-refractivity contribution in [3.63, 3.8) is 0 Å². The lowest BCUT2D eigenvalue weighted by Gasteiger charge is -2.48. The predicted molar refractivity (Wildman–Crippen MR) is 54.1 cm³/mol. The molecule has 2 aliphatic heterocycles. The number of ether oxygens (including phenoxy) is 2. The van der Waals surface area contributed by atoms with Gasteiger partial charge in [-0.2, -0.15) is 0 Å². The Morgan fingerprint density at radius 1 is 1.50 bits per heavy atom. The summed E-state index contributed by atoms with van der Waals surface area (Å²) in [5.74, 6) is 0. The Bertz CT molecular complexity index is 258. The van der Waals surface area contributed by atoms with Gasteiger partial charge in [-0.1, -0.05) is 0 Å². The van der Waals surface area contributed by atoms with E-state index in [0.29, 0.717) is 6.61 Å². The smallest absolute Gasteiger partial charge is 0.407 e. The highest BCUT2D eigenvalue weighted by molar-refractivity contribution is 5.66. The molecule has 92 valence electrons. The van der Waals surface area contributed by atoms with Crippen LogP contribution in [0, 0.1) is 0 Å². The standard InChI is InChI=1S/C10H17NO5/c12-7-10(5-11(6-10)9(13)14)16-8-3-1-2-4-15-8/h8,12H,1-7H2,(H,13,14). The molecule has 0 radical (unpaired) electrons. The topological polar surface area (TPSA) is 79.2 Å². The highest BCUT2D eigenvalue weighted by atomic mass is 16.7. The van der Waals surface area contributed by atoms with Gasteiger partial charge in [-0.05, 0) is 19.3 Å². The van der Waals surface area contributed by atoms with Crippen LogP contribution in [0.5, 0.6) is 0 Å². The molecule has 2 N–H and O–H groups in total. The van der Waals surface area contributed by atoms with Gasteiger partial charge < -0.3 is 24.6 Å². The first-order chi connectivity index (χ1) is 7.65. The summed E-state index contributed by atoms with van der Waals surface area (Å²) in [6, 6.07) is 0. The summed E-state index contributed by atoms with van der Waals surface area (Å²) in [6.45, 7) is 0.947. The summed E-state index contributed by atoms with van der Waals surface area (Å²) in [7, 11) is 0. The molecule has 2 heterocycles. The third-order valence-electron chi connectivity index (χ3n) is 3.04. The molecule has 6 heteroatoms. The highest BCUT2D eigenvalue weighted by Crippen LogP contribution is 2.29. The zero-order chi connectivity index (χ0) is 11.6. The van der Waals surface area contributed by atoms with Crippen molar-refractivity contribution in [3.8, 4) is 0 Å². The molecule has 0 aromatic carbocycles. The van der Waals surface area contributed by atoms with Crippen molar-refractivity contribution in [3.05, 3.63) is 0 Å². The highest BCUT2D eigenvalue weighted by Gasteiger charge is 2.48. The van der Waals surface area contributed by atoms with E-state index in [1.54, 1.807) is 0 Å². The van der Waals surface area contributed by atoms with Crippen molar-refractivity contribution in [1.29, 1.82) is 0 Å². The second-order valence-corrected chi connectivity index (χ2v) is 4.39. The van der Waals surface area contributed by atoms with Crippen LogP contribution >= 0.6 is 0 Å². The fourth-order valence-corrected chi connectivity index (χ4v) is 2.08. The molecular formula is C10H17NO5. The number of aliphatic hydroxyl groups excluding tert-OH is 1. The summed E-state index contributed by atoms with van der Waals surface area (Å²) >= 11 is 0. The normalized spacial score (nSPS) is 28.6. The molecule has 1 unspecified atom stereocenters. The molecule has 0 aromatic rings. The van der Waals surface area contributed by atoms with Gasteiger partial charge in [0.25, 0.3) is 0 Å². The number of amides is 1. The Kier molecular flexibility index (Phi) is 3.32. The molecule has 0 aliphatic carbocycles. The lowest BCUT2D eigenvalue weighted by Crippen LogP contribution is -2.67. The molecule has 0 saturated carbocycles. The summed E-state index contributed by atoms with van der Waals surface area (Å²) in [5, 5.41) is 18.0. The average molecular weight is 231 g/mol. The maximum atomic E-state index is 10.6. The van der Waals surface area contributed by atoms with E-state index in [-0.39, 0.29) is 26.0 Å². The van der Waals surface area contributed by atoms with Crippen molar-refractivity contribution >= 4 is 6.09 Å². The quantitative estimate of drug-likeness (QED) is 0.728. The molecule has 2 aliphatic rings. The van der Waals surface area contributed by atoms with Crippen molar-refractivity contribution in [2.75, 3.05) is 26.3 Å². The summed E-state index contributed by atoms with van der Waals surface area (Å²) in [6.07, 6.45) is 1.63. The molecule has 2 saturated heterocycles. The molecule has 2 fully saturated rings. The van der Waals surface area contributed by atoms with E-state index < -0.39 is 11.7 Å². The Labute approximate surface area is 93.7 Å². The molecule has 16 heavy (non-hydrogen) atoms. The van der Waals surface area contributed by atoms with Gasteiger partial charge in [0.2, 0.25) is 0 Å². The van der Waals surface area contributed by atoms with Gasteiger partial charge in [-0.25, -0.2) is 4.79 Å². The van der Waals surface area contributed by atoms with Crippen LogP contribution in [0.3, 0.4) is 0 Å². The second-order valence-electron chi connectivity index (χ2n) is 4.39. The summed E-state index contributed by atoms with van der Waals surface area (Å²) in [5.41, 5.74) is -0.750. The lowest BCUT2D eigenvalue weighted by molar-refractivity contribution is -0.264. The summed E-state index contributed by atoms with van der Waals surface area (Å²) in [4.78, 5) is 11.9. The Balaban J connectivity index is 1.84. The first kappa shape index (κ1) is 11.6. The SMILES string of the molecule is O=C(O)N1CC(CO)(OC2CCCCO2)C1. The number of likely N-dealkylation sites (tertiary alicyclic amines) is 1. The van der Waals surface area contributed by atoms with Crippen LogP contribution < -0.4 is 0 Å². The number of nitrogens with zero attached hydrogens (tertiary/aromatic N) is 1. The van der Waals surface area contributed by atoms with Gasteiger partial charge in [0.1, 0.15) is 5.60 Å². The van der Waals surface area contributed by atoms with E-state index in [9.17, 15) is 9.90 Å².